The van der Waals surface area contributed by atoms with Crippen LogP contribution in [0.25, 0.3) is 11.1 Å². The van der Waals surface area contributed by atoms with Crippen LogP contribution in [-0.4, -0.2) is 47.6 Å². The minimum Gasteiger partial charge on any atom is -0.408 e. The normalized spacial score (nSPS) is 14.2. The number of H-pyrrole nitrogens is 1. The minimum absolute atomic E-state index is 0.235. The second-order valence-electron chi connectivity index (χ2n) is 8.03. The smallest absolute Gasteiger partial charge is 0.408 e. The van der Waals surface area contributed by atoms with Gasteiger partial charge in [0.2, 0.25) is 5.95 Å². The van der Waals surface area contributed by atoms with Crippen molar-refractivity contribution in [1.29, 1.82) is 0 Å². The summed E-state index contributed by atoms with van der Waals surface area (Å²) in [5.74, 6) is -0.105. The first kappa shape index (κ1) is 23.5. The molecule has 10 nitrogen and oxygen atoms in total. The highest BCUT2D eigenvalue weighted by atomic mass is 19.4. The summed E-state index contributed by atoms with van der Waals surface area (Å²) in [6, 6.07) is 9.39. The molecule has 188 valence electrons. The number of morpholine rings is 1. The highest BCUT2D eigenvalue weighted by Crippen LogP contribution is 2.36. The van der Waals surface area contributed by atoms with E-state index >= 15 is 0 Å². The molecule has 0 atom stereocenters. The standard InChI is InChI=1S/C23H21F3N6O4/c1-13-12-27-21(31-20(13)28-14-2-4-18-16(10-14)30-22(33)35-18)29-15-3-5-19(36-23(24,25)26)17(11-15)32-6-8-34-9-7-32/h2-5,10-12H,6-9H2,1H3,(H,30,33)(H2,27,28,29,31). The zero-order valence-corrected chi connectivity index (χ0v) is 19.0. The Balaban J connectivity index is 1.40. The number of nitrogens with one attached hydrogen (secondary N) is 3. The molecule has 3 N–H and O–H groups in total. The summed E-state index contributed by atoms with van der Waals surface area (Å²) >= 11 is 0. The lowest BCUT2D eigenvalue weighted by Gasteiger charge is -2.30. The Morgan fingerprint density at radius 3 is 2.61 bits per heavy atom. The number of nitrogens with zero attached hydrogens (tertiary/aromatic N) is 3. The van der Waals surface area contributed by atoms with Gasteiger partial charge < -0.3 is 29.4 Å². The molecular weight excluding hydrogens is 481 g/mol. The molecule has 13 heteroatoms. The maximum atomic E-state index is 13.0. The molecule has 1 fully saturated rings. The Morgan fingerprint density at radius 2 is 1.83 bits per heavy atom. The topological polar surface area (TPSA) is 118 Å². The van der Waals surface area contributed by atoms with Crippen molar-refractivity contribution in [2.45, 2.75) is 13.3 Å². The number of halogens is 3. The van der Waals surface area contributed by atoms with E-state index in [4.69, 9.17) is 9.15 Å². The van der Waals surface area contributed by atoms with Gasteiger partial charge >= 0.3 is 12.1 Å². The quantitative estimate of drug-likeness (QED) is 0.352. The number of hydrogen-bond donors (Lipinski definition) is 3. The van der Waals surface area contributed by atoms with Crippen LogP contribution in [0, 0.1) is 6.92 Å². The number of aryl methyl sites for hydroxylation is 1. The van der Waals surface area contributed by atoms with Crippen molar-refractivity contribution in [2.24, 2.45) is 0 Å². The van der Waals surface area contributed by atoms with Crippen molar-refractivity contribution < 1.29 is 27.1 Å². The summed E-state index contributed by atoms with van der Waals surface area (Å²) in [5.41, 5.74) is 3.15. The number of anilines is 5. The molecule has 3 heterocycles. The fraction of sp³-hybridized carbons (Fsp3) is 0.261. The number of rotatable bonds is 6. The van der Waals surface area contributed by atoms with Gasteiger partial charge in [-0.3, -0.25) is 4.98 Å². The van der Waals surface area contributed by atoms with E-state index in [1.54, 1.807) is 35.4 Å². The van der Waals surface area contributed by atoms with E-state index in [0.29, 0.717) is 54.6 Å². The Morgan fingerprint density at radius 1 is 1.08 bits per heavy atom. The first-order chi connectivity index (χ1) is 17.2. The van der Waals surface area contributed by atoms with Crippen molar-refractivity contribution in [3.63, 3.8) is 0 Å². The number of aromatic amines is 1. The van der Waals surface area contributed by atoms with Gasteiger partial charge in [-0.05, 0) is 43.3 Å². The largest absolute Gasteiger partial charge is 0.573 e. The van der Waals surface area contributed by atoms with Crippen LogP contribution in [0.5, 0.6) is 5.75 Å². The summed E-state index contributed by atoms with van der Waals surface area (Å²) < 4.78 is 53.4. The number of alkyl halides is 3. The van der Waals surface area contributed by atoms with E-state index in [1.165, 1.54) is 12.1 Å². The van der Waals surface area contributed by atoms with E-state index in [-0.39, 0.29) is 17.4 Å². The van der Waals surface area contributed by atoms with Gasteiger partial charge in [-0.15, -0.1) is 13.2 Å². The van der Waals surface area contributed by atoms with Gasteiger partial charge in [-0.2, -0.15) is 4.98 Å². The number of ether oxygens (including phenoxy) is 2. The van der Waals surface area contributed by atoms with E-state index in [2.05, 4.69) is 30.3 Å². The highest BCUT2D eigenvalue weighted by molar-refractivity contribution is 5.78. The SMILES string of the molecule is Cc1cnc(Nc2ccc(OC(F)(F)F)c(N3CCOCC3)c2)nc1Nc1ccc2oc(=O)[nH]c2c1. The fourth-order valence-electron chi connectivity index (χ4n) is 3.78. The molecule has 0 amide bonds. The Kier molecular flexibility index (Phi) is 6.14. The van der Waals surface area contributed by atoms with Crippen LogP contribution in [0.4, 0.5) is 42.0 Å². The second-order valence-corrected chi connectivity index (χ2v) is 8.03. The maximum Gasteiger partial charge on any atom is 0.573 e. The molecule has 1 aliphatic rings. The van der Waals surface area contributed by atoms with Crippen LogP contribution in [-0.2, 0) is 4.74 Å². The fourth-order valence-corrected chi connectivity index (χ4v) is 3.78. The van der Waals surface area contributed by atoms with Crippen molar-refractivity contribution >= 4 is 39.9 Å². The van der Waals surface area contributed by atoms with Gasteiger partial charge in [0.05, 0.1) is 24.4 Å². The van der Waals surface area contributed by atoms with Crippen LogP contribution in [0.2, 0.25) is 0 Å². The van der Waals surface area contributed by atoms with Crippen molar-refractivity contribution in [3.05, 3.63) is 58.7 Å². The maximum absolute atomic E-state index is 13.0. The molecule has 0 spiro atoms. The molecule has 5 rings (SSSR count). The second kappa shape index (κ2) is 9.41. The van der Waals surface area contributed by atoms with Crippen LogP contribution < -0.4 is 26.0 Å². The van der Waals surface area contributed by atoms with Gasteiger partial charge in [-0.1, -0.05) is 0 Å². The average molecular weight is 502 g/mol. The molecule has 0 aliphatic carbocycles. The molecule has 0 bridgehead atoms. The predicted molar refractivity (Wildman–Crippen MR) is 126 cm³/mol. The Labute approximate surface area is 202 Å². The molecular formula is C23H21F3N6O4. The summed E-state index contributed by atoms with van der Waals surface area (Å²) in [6.07, 6.45) is -3.21. The average Bonchev–Trinajstić information content (AvgIpc) is 3.21. The molecule has 0 radical (unpaired) electrons. The highest BCUT2D eigenvalue weighted by Gasteiger charge is 2.33. The monoisotopic (exact) mass is 502 g/mol. The van der Waals surface area contributed by atoms with Crippen LogP contribution in [0.1, 0.15) is 5.56 Å². The third-order valence-corrected chi connectivity index (χ3v) is 5.45. The minimum atomic E-state index is -4.82. The lowest BCUT2D eigenvalue weighted by atomic mass is 10.2. The lowest BCUT2D eigenvalue weighted by Crippen LogP contribution is -2.36. The van der Waals surface area contributed by atoms with E-state index in [0.717, 1.165) is 5.56 Å². The van der Waals surface area contributed by atoms with E-state index < -0.39 is 12.1 Å². The van der Waals surface area contributed by atoms with Gasteiger partial charge in [0, 0.05) is 36.2 Å². The molecule has 36 heavy (non-hydrogen) atoms. The third-order valence-electron chi connectivity index (χ3n) is 5.45. The molecule has 0 saturated carbocycles. The Bertz CT molecular complexity index is 1450. The Hall–Kier alpha value is -4.26. The van der Waals surface area contributed by atoms with Gasteiger partial charge in [0.1, 0.15) is 5.82 Å². The number of aromatic nitrogens is 3. The molecule has 4 aromatic rings. The first-order valence-corrected chi connectivity index (χ1v) is 11.0. The summed E-state index contributed by atoms with van der Waals surface area (Å²) in [5, 5.41) is 6.22. The van der Waals surface area contributed by atoms with E-state index in [1.807, 2.05) is 6.92 Å². The number of oxazole rings is 1. The van der Waals surface area contributed by atoms with E-state index in [9.17, 15) is 18.0 Å². The molecule has 2 aromatic carbocycles. The van der Waals surface area contributed by atoms with Crippen molar-refractivity contribution in [2.75, 3.05) is 41.8 Å². The number of benzene rings is 2. The summed E-state index contributed by atoms with van der Waals surface area (Å²) in [4.78, 5) is 24.6. The molecule has 1 aliphatic heterocycles. The molecule has 1 saturated heterocycles. The molecule has 0 unspecified atom stereocenters. The predicted octanol–water partition coefficient (Wildman–Crippen LogP) is 4.44. The summed E-state index contributed by atoms with van der Waals surface area (Å²) in [6.45, 7) is 3.48. The number of fused-ring (bicyclic) bond motifs is 1. The zero-order chi connectivity index (χ0) is 25.3. The van der Waals surface area contributed by atoms with Crippen LogP contribution in [0.15, 0.2) is 51.8 Å². The summed E-state index contributed by atoms with van der Waals surface area (Å²) in [7, 11) is 0. The van der Waals surface area contributed by atoms with Crippen molar-refractivity contribution in [1.82, 2.24) is 15.0 Å². The first-order valence-electron chi connectivity index (χ1n) is 11.0. The third kappa shape index (κ3) is 5.35. The zero-order valence-electron chi connectivity index (χ0n) is 19.0. The number of hydrogen-bond acceptors (Lipinski definition) is 9. The lowest BCUT2D eigenvalue weighted by molar-refractivity contribution is -0.274. The van der Waals surface area contributed by atoms with Crippen molar-refractivity contribution in [3.8, 4) is 5.75 Å². The van der Waals surface area contributed by atoms with Crippen LogP contribution in [0.3, 0.4) is 0 Å². The van der Waals surface area contributed by atoms with Gasteiger partial charge in [0.15, 0.2) is 11.3 Å². The van der Waals surface area contributed by atoms with Gasteiger partial charge in [-0.25, -0.2) is 9.78 Å². The van der Waals surface area contributed by atoms with Crippen LogP contribution >= 0.6 is 0 Å². The van der Waals surface area contributed by atoms with Gasteiger partial charge in [0.25, 0.3) is 0 Å². The molecule has 2 aromatic heterocycles.